The third kappa shape index (κ3) is 4.60. The minimum absolute atomic E-state index is 0.121. The van der Waals surface area contributed by atoms with Crippen LogP contribution in [-0.4, -0.2) is 28.5 Å². The van der Waals surface area contributed by atoms with E-state index in [1.54, 1.807) is 17.7 Å². The van der Waals surface area contributed by atoms with Crippen LogP contribution < -0.4 is 10.1 Å². The van der Waals surface area contributed by atoms with E-state index in [1.165, 1.54) is 24.4 Å². The lowest BCUT2D eigenvalue weighted by atomic mass is 10.1. The zero-order chi connectivity index (χ0) is 21.9. The van der Waals surface area contributed by atoms with Gasteiger partial charge in [0.25, 0.3) is 5.91 Å². The molecule has 0 unspecified atom stereocenters. The van der Waals surface area contributed by atoms with Gasteiger partial charge in [0.05, 0.1) is 28.7 Å². The van der Waals surface area contributed by atoms with Gasteiger partial charge < -0.3 is 10.1 Å². The third-order valence-corrected chi connectivity index (χ3v) is 4.35. The quantitative estimate of drug-likeness (QED) is 0.664. The molecule has 154 valence electrons. The Bertz CT molecular complexity index is 1130. The minimum Gasteiger partial charge on any atom is -0.483 e. The molecule has 3 aromatic rings. The lowest BCUT2D eigenvalue weighted by molar-refractivity contribution is -0.153. The maximum atomic E-state index is 12.7. The van der Waals surface area contributed by atoms with Gasteiger partial charge in [0.15, 0.2) is 6.61 Å². The van der Waals surface area contributed by atoms with Gasteiger partial charge in [0.2, 0.25) is 0 Å². The van der Waals surface area contributed by atoms with E-state index >= 15 is 0 Å². The van der Waals surface area contributed by atoms with E-state index in [2.05, 4.69) is 15.2 Å². The molecule has 0 spiro atoms. The van der Waals surface area contributed by atoms with Gasteiger partial charge in [-0.15, -0.1) is 0 Å². The maximum absolute atomic E-state index is 12.7. The average Bonchev–Trinajstić information content (AvgIpc) is 3.08. The molecule has 3 rings (SSSR count). The van der Waals surface area contributed by atoms with Crippen molar-refractivity contribution >= 4 is 11.6 Å². The number of halogens is 3. The third-order valence-electron chi connectivity index (χ3n) is 4.35. The van der Waals surface area contributed by atoms with Crippen molar-refractivity contribution in [1.82, 2.24) is 9.78 Å². The number of carbonyl (C=O) groups is 1. The van der Waals surface area contributed by atoms with Gasteiger partial charge >= 0.3 is 6.18 Å². The highest BCUT2D eigenvalue weighted by molar-refractivity contribution is 6.05. The molecule has 1 heterocycles. The highest BCUT2D eigenvalue weighted by atomic mass is 19.4. The van der Waals surface area contributed by atoms with Crippen molar-refractivity contribution in [3.8, 4) is 17.5 Å². The summed E-state index contributed by atoms with van der Waals surface area (Å²) in [6.45, 7) is 2.18. The number of aromatic nitrogens is 2. The zero-order valence-corrected chi connectivity index (χ0v) is 16.1. The molecule has 0 saturated heterocycles. The molecule has 1 aromatic heterocycles. The SMILES string of the molecule is Cc1ccccc1-n1ncc(C(=O)Nc2ccc(OCC(F)(F)F)c(C#N)c2)c1C. The Morgan fingerprint density at radius 2 is 1.97 bits per heavy atom. The van der Waals surface area contributed by atoms with Gasteiger partial charge in [-0.25, -0.2) is 4.68 Å². The zero-order valence-electron chi connectivity index (χ0n) is 16.1. The second-order valence-corrected chi connectivity index (χ2v) is 6.52. The summed E-state index contributed by atoms with van der Waals surface area (Å²) in [5.41, 5.74) is 2.90. The number of para-hydroxylation sites is 1. The summed E-state index contributed by atoms with van der Waals surface area (Å²) in [7, 11) is 0. The summed E-state index contributed by atoms with van der Waals surface area (Å²) in [6, 6.07) is 13.2. The number of rotatable bonds is 5. The molecule has 2 aromatic carbocycles. The lowest BCUT2D eigenvalue weighted by Crippen LogP contribution is -2.19. The van der Waals surface area contributed by atoms with Gasteiger partial charge in [-0.05, 0) is 43.7 Å². The first kappa shape index (κ1) is 20.9. The van der Waals surface area contributed by atoms with Gasteiger partial charge in [-0.2, -0.15) is 23.5 Å². The average molecular weight is 414 g/mol. The van der Waals surface area contributed by atoms with E-state index in [4.69, 9.17) is 0 Å². The molecule has 0 bridgehead atoms. The normalized spacial score (nSPS) is 11.1. The number of benzene rings is 2. The van der Waals surface area contributed by atoms with Gasteiger partial charge in [-0.1, -0.05) is 18.2 Å². The highest BCUT2D eigenvalue weighted by Crippen LogP contribution is 2.25. The number of carbonyl (C=O) groups excluding carboxylic acids is 1. The molecule has 9 heteroatoms. The Kier molecular flexibility index (Phi) is 5.78. The smallest absolute Gasteiger partial charge is 0.422 e. The first-order valence-corrected chi connectivity index (χ1v) is 8.85. The number of alkyl halides is 3. The fourth-order valence-corrected chi connectivity index (χ4v) is 2.86. The van der Waals surface area contributed by atoms with Crippen molar-refractivity contribution in [2.45, 2.75) is 20.0 Å². The fourth-order valence-electron chi connectivity index (χ4n) is 2.86. The second-order valence-electron chi connectivity index (χ2n) is 6.52. The van der Waals surface area contributed by atoms with E-state index in [0.29, 0.717) is 11.3 Å². The number of ether oxygens (including phenoxy) is 1. The van der Waals surface area contributed by atoms with Crippen LogP contribution in [0.1, 0.15) is 27.2 Å². The number of anilines is 1. The maximum Gasteiger partial charge on any atom is 0.422 e. The number of nitrogens with one attached hydrogen (secondary N) is 1. The van der Waals surface area contributed by atoms with Crippen molar-refractivity contribution in [2.75, 3.05) is 11.9 Å². The number of hydrogen-bond donors (Lipinski definition) is 1. The molecule has 1 N–H and O–H groups in total. The first-order valence-electron chi connectivity index (χ1n) is 8.85. The first-order chi connectivity index (χ1) is 14.2. The van der Waals surface area contributed by atoms with Crippen LogP contribution >= 0.6 is 0 Å². The minimum atomic E-state index is -4.52. The van der Waals surface area contributed by atoms with E-state index in [9.17, 15) is 23.2 Å². The molecule has 0 radical (unpaired) electrons. The summed E-state index contributed by atoms with van der Waals surface area (Å²) in [4.78, 5) is 12.7. The summed E-state index contributed by atoms with van der Waals surface area (Å²) in [5.74, 6) is -0.670. The molecular formula is C21H17F3N4O2. The second kappa shape index (κ2) is 8.29. The van der Waals surface area contributed by atoms with E-state index < -0.39 is 18.7 Å². The standard InChI is InChI=1S/C21H17F3N4O2/c1-13-5-3-4-6-18(13)28-14(2)17(11-26-28)20(29)27-16-7-8-19(15(9-16)10-25)30-12-21(22,23)24/h3-9,11H,12H2,1-2H3,(H,27,29). The van der Waals surface area contributed by atoms with Crippen molar-refractivity contribution < 1.29 is 22.7 Å². The molecule has 0 aliphatic heterocycles. The topological polar surface area (TPSA) is 79.9 Å². The van der Waals surface area contributed by atoms with Gasteiger partial charge in [-0.3, -0.25) is 4.79 Å². The van der Waals surface area contributed by atoms with Crippen molar-refractivity contribution in [1.29, 1.82) is 5.26 Å². The fraction of sp³-hybridized carbons (Fsp3) is 0.190. The van der Waals surface area contributed by atoms with Crippen molar-refractivity contribution in [3.05, 3.63) is 71.0 Å². The van der Waals surface area contributed by atoms with Gasteiger partial charge in [0, 0.05) is 5.69 Å². The molecule has 30 heavy (non-hydrogen) atoms. The Hall–Kier alpha value is -3.80. The van der Waals surface area contributed by atoms with E-state index in [-0.39, 0.29) is 17.0 Å². The predicted octanol–water partition coefficient (Wildman–Crippen LogP) is 4.55. The number of amides is 1. The number of aryl methyl sites for hydroxylation is 1. The largest absolute Gasteiger partial charge is 0.483 e. The Morgan fingerprint density at radius 3 is 2.63 bits per heavy atom. The van der Waals surface area contributed by atoms with Crippen LogP contribution in [0.4, 0.5) is 18.9 Å². The number of nitrogens with zero attached hydrogens (tertiary/aromatic N) is 3. The van der Waals surface area contributed by atoms with Crippen LogP contribution in [0.5, 0.6) is 5.75 Å². The summed E-state index contributed by atoms with van der Waals surface area (Å²) in [5, 5.41) is 16.1. The van der Waals surface area contributed by atoms with E-state index in [1.807, 2.05) is 31.2 Å². The van der Waals surface area contributed by atoms with Crippen molar-refractivity contribution in [2.24, 2.45) is 0 Å². The molecular weight excluding hydrogens is 397 g/mol. The van der Waals surface area contributed by atoms with Crippen molar-refractivity contribution in [3.63, 3.8) is 0 Å². The van der Waals surface area contributed by atoms with Crippen LogP contribution in [0, 0.1) is 25.2 Å². The Labute approximate surface area is 170 Å². The Morgan fingerprint density at radius 1 is 1.23 bits per heavy atom. The summed E-state index contributed by atoms with van der Waals surface area (Å²) in [6.07, 6.45) is -3.09. The van der Waals surface area contributed by atoms with Crippen LogP contribution in [-0.2, 0) is 0 Å². The molecule has 1 amide bonds. The number of hydrogen-bond acceptors (Lipinski definition) is 4. The van der Waals surface area contributed by atoms with Crippen LogP contribution in [0.2, 0.25) is 0 Å². The molecule has 0 aliphatic rings. The van der Waals surface area contributed by atoms with Crippen LogP contribution in [0.3, 0.4) is 0 Å². The molecule has 6 nitrogen and oxygen atoms in total. The van der Waals surface area contributed by atoms with Crippen LogP contribution in [0.25, 0.3) is 5.69 Å². The van der Waals surface area contributed by atoms with E-state index in [0.717, 1.165) is 11.3 Å². The molecule has 0 aliphatic carbocycles. The summed E-state index contributed by atoms with van der Waals surface area (Å²) < 4.78 is 43.3. The van der Waals surface area contributed by atoms with Gasteiger partial charge in [0.1, 0.15) is 11.8 Å². The molecule has 0 saturated carbocycles. The lowest BCUT2D eigenvalue weighted by Gasteiger charge is -2.12. The summed E-state index contributed by atoms with van der Waals surface area (Å²) >= 11 is 0. The molecule has 0 fully saturated rings. The van der Waals surface area contributed by atoms with Crippen LogP contribution in [0.15, 0.2) is 48.7 Å². The molecule has 0 atom stereocenters. The monoisotopic (exact) mass is 414 g/mol. The highest BCUT2D eigenvalue weighted by Gasteiger charge is 2.29. The number of nitriles is 1. The Balaban J connectivity index is 1.80. The predicted molar refractivity (Wildman–Crippen MR) is 104 cm³/mol.